The Labute approximate surface area is 147 Å². The molecule has 3 heterocycles. The molecule has 136 valence electrons. The van der Waals surface area contributed by atoms with Gasteiger partial charge in [-0.25, -0.2) is 0 Å². The van der Waals surface area contributed by atoms with E-state index in [0.717, 1.165) is 32.0 Å². The predicted octanol–water partition coefficient (Wildman–Crippen LogP) is 2.59. The van der Waals surface area contributed by atoms with Crippen LogP contribution >= 0.6 is 0 Å². The molecule has 0 unspecified atom stereocenters. The fraction of sp³-hybridized carbons (Fsp3) is 0.950. The van der Waals surface area contributed by atoms with Gasteiger partial charge in [-0.3, -0.25) is 4.79 Å². The first-order valence-electron chi connectivity index (χ1n) is 10.4. The van der Waals surface area contributed by atoms with Crippen molar-refractivity contribution in [3.63, 3.8) is 0 Å². The third kappa shape index (κ3) is 3.37. The van der Waals surface area contributed by atoms with Crippen molar-refractivity contribution < 1.29 is 4.79 Å². The van der Waals surface area contributed by atoms with Crippen molar-refractivity contribution in [1.82, 2.24) is 14.7 Å². The van der Waals surface area contributed by atoms with Crippen LogP contribution in [0.25, 0.3) is 0 Å². The van der Waals surface area contributed by atoms with Crippen LogP contribution in [0.2, 0.25) is 0 Å². The topological polar surface area (TPSA) is 26.8 Å². The van der Waals surface area contributed by atoms with Crippen LogP contribution in [0.5, 0.6) is 0 Å². The monoisotopic (exact) mass is 333 g/mol. The van der Waals surface area contributed by atoms with Gasteiger partial charge in [-0.05, 0) is 76.9 Å². The summed E-state index contributed by atoms with van der Waals surface area (Å²) in [7, 11) is 2.21. The molecule has 0 aromatic rings. The molecular weight excluding hydrogens is 298 g/mol. The summed E-state index contributed by atoms with van der Waals surface area (Å²) in [5, 5.41) is 0. The van der Waals surface area contributed by atoms with E-state index in [1.165, 1.54) is 71.1 Å². The lowest BCUT2D eigenvalue weighted by Gasteiger charge is -2.53. The lowest BCUT2D eigenvalue weighted by atomic mass is 9.72. The first-order chi connectivity index (χ1) is 11.7. The highest BCUT2D eigenvalue weighted by atomic mass is 16.2. The highest BCUT2D eigenvalue weighted by Gasteiger charge is 2.44. The number of likely N-dealkylation sites (tertiary alicyclic amines) is 3. The van der Waals surface area contributed by atoms with Crippen LogP contribution in [0.1, 0.15) is 57.8 Å². The molecule has 1 saturated carbocycles. The number of hydrogen-bond acceptors (Lipinski definition) is 3. The summed E-state index contributed by atoms with van der Waals surface area (Å²) in [6.45, 7) is 7.11. The molecule has 0 N–H and O–H groups in total. The van der Waals surface area contributed by atoms with Gasteiger partial charge >= 0.3 is 0 Å². The van der Waals surface area contributed by atoms with Gasteiger partial charge in [0.2, 0.25) is 5.91 Å². The van der Waals surface area contributed by atoms with Crippen LogP contribution in [-0.2, 0) is 4.79 Å². The van der Waals surface area contributed by atoms with Gasteiger partial charge in [0.25, 0.3) is 0 Å². The van der Waals surface area contributed by atoms with Gasteiger partial charge < -0.3 is 14.7 Å². The first kappa shape index (κ1) is 16.8. The molecule has 0 radical (unpaired) electrons. The van der Waals surface area contributed by atoms with E-state index in [0.29, 0.717) is 17.2 Å². The quantitative estimate of drug-likeness (QED) is 0.777. The van der Waals surface area contributed by atoms with Crippen LogP contribution < -0.4 is 0 Å². The lowest BCUT2D eigenvalue weighted by Crippen LogP contribution is -2.59. The summed E-state index contributed by atoms with van der Waals surface area (Å²) >= 11 is 0. The minimum Gasteiger partial charge on any atom is -0.342 e. The number of carbonyl (C=O) groups excluding carboxylic acids is 1. The third-order valence-corrected chi connectivity index (χ3v) is 7.30. The van der Waals surface area contributed by atoms with Crippen LogP contribution in [0.4, 0.5) is 0 Å². The zero-order chi connectivity index (χ0) is 16.6. The van der Waals surface area contributed by atoms with Crippen molar-refractivity contribution in [3.8, 4) is 0 Å². The van der Waals surface area contributed by atoms with Crippen LogP contribution in [0.3, 0.4) is 0 Å². The van der Waals surface area contributed by atoms with Crippen LogP contribution in [-0.4, -0.2) is 73.0 Å². The van der Waals surface area contributed by atoms with Gasteiger partial charge in [0, 0.05) is 38.1 Å². The molecule has 0 atom stereocenters. The Morgan fingerprint density at radius 1 is 0.875 bits per heavy atom. The average molecular weight is 334 g/mol. The summed E-state index contributed by atoms with van der Waals surface area (Å²) in [6, 6.07) is 0.768. The Balaban J connectivity index is 1.23. The SMILES string of the molecule is CN1CC2(CCN(C(=O)C3CCC(N4CCCCC4)CC3)CC2)C1. The van der Waals surface area contributed by atoms with E-state index >= 15 is 0 Å². The first-order valence-corrected chi connectivity index (χ1v) is 10.4. The summed E-state index contributed by atoms with van der Waals surface area (Å²) in [4.78, 5) is 20.2. The van der Waals surface area contributed by atoms with Gasteiger partial charge in [-0.2, -0.15) is 0 Å². The van der Waals surface area contributed by atoms with Gasteiger partial charge in [0.15, 0.2) is 0 Å². The Morgan fingerprint density at radius 3 is 2.08 bits per heavy atom. The molecule has 3 saturated heterocycles. The minimum atomic E-state index is 0.323. The molecule has 4 fully saturated rings. The number of amides is 1. The van der Waals surface area contributed by atoms with Gasteiger partial charge in [-0.15, -0.1) is 0 Å². The van der Waals surface area contributed by atoms with E-state index in [4.69, 9.17) is 0 Å². The van der Waals surface area contributed by atoms with E-state index in [9.17, 15) is 4.79 Å². The molecule has 0 aromatic carbocycles. The smallest absolute Gasteiger partial charge is 0.225 e. The Hall–Kier alpha value is -0.610. The number of hydrogen-bond donors (Lipinski definition) is 0. The standard InChI is InChI=1S/C20H35N3O/c1-21-15-20(16-21)9-13-23(14-10-20)19(24)17-5-7-18(8-6-17)22-11-3-2-4-12-22/h17-18H,2-16H2,1H3. The number of carbonyl (C=O) groups is 1. The maximum atomic E-state index is 12.9. The van der Waals surface area contributed by atoms with Gasteiger partial charge in [0.05, 0.1) is 0 Å². The number of nitrogens with zero attached hydrogens (tertiary/aromatic N) is 3. The Kier molecular flexibility index (Phi) is 4.88. The molecule has 4 rings (SSSR count). The third-order valence-electron chi connectivity index (χ3n) is 7.30. The largest absolute Gasteiger partial charge is 0.342 e. The van der Waals surface area contributed by atoms with Crippen molar-refractivity contribution in [1.29, 1.82) is 0 Å². The molecule has 4 heteroatoms. The highest BCUT2D eigenvalue weighted by molar-refractivity contribution is 5.79. The van der Waals surface area contributed by atoms with E-state index in [2.05, 4.69) is 21.7 Å². The molecule has 1 spiro atoms. The predicted molar refractivity (Wildman–Crippen MR) is 96.9 cm³/mol. The van der Waals surface area contributed by atoms with E-state index in [1.54, 1.807) is 0 Å². The Morgan fingerprint density at radius 2 is 1.50 bits per heavy atom. The molecule has 0 bridgehead atoms. The highest BCUT2D eigenvalue weighted by Crippen LogP contribution is 2.40. The molecule has 1 aliphatic carbocycles. The minimum absolute atomic E-state index is 0.323. The fourth-order valence-electron chi connectivity index (χ4n) is 5.85. The maximum absolute atomic E-state index is 12.9. The van der Waals surface area contributed by atoms with E-state index in [1.807, 2.05) is 0 Å². The van der Waals surface area contributed by atoms with Crippen molar-refractivity contribution in [3.05, 3.63) is 0 Å². The van der Waals surface area contributed by atoms with Crippen molar-refractivity contribution in [2.75, 3.05) is 46.3 Å². The zero-order valence-electron chi connectivity index (χ0n) is 15.5. The fourth-order valence-corrected chi connectivity index (χ4v) is 5.85. The number of rotatable bonds is 2. The second-order valence-electron chi connectivity index (χ2n) is 9.10. The molecule has 24 heavy (non-hydrogen) atoms. The van der Waals surface area contributed by atoms with Gasteiger partial charge in [-0.1, -0.05) is 6.42 Å². The van der Waals surface area contributed by atoms with Crippen molar-refractivity contribution in [2.45, 2.75) is 63.8 Å². The summed E-state index contributed by atoms with van der Waals surface area (Å²) in [5.74, 6) is 0.804. The van der Waals surface area contributed by atoms with Crippen molar-refractivity contribution >= 4 is 5.91 Å². The lowest BCUT2D eigenvalue weighted by molar-refractivity contribution is -0.141. The molecule has 1 amide bonds. The van der Waals surface area contributed by atoms with Crippen LogP contribution in [0, 0.1) is 11.3 Å². The normalized spacial score (nSPS) is 35.0. The van der Waals surface area contributed by atoms with E-state index in [-0.39, 0.29) is 0 Å². The molecule has 4 nitrogen and oxygen atoms in total. The van der Waals surface area contributed by atoms with Crippen molar-refractivity contribution in [2.24, 2.45) is 11.3 Å². The summed E-state index contributed by atoms with van der Waals surface area (Å²) in [5.41, 5.74) is 0.553. The molecule has 3 aliphatic heterocycles. The average Bonchev–Trinajstić information content (AvgIpc) is 2.62. The maximum Gasteiger partial charge on any atom is 0.225 e. The summed E-state index contributed by atoms with van der Waals surface area (Å²) < 4.78 is 0. The Bertz CT molecular complexity index is 436. The van der Waals surface area contributed by atoms with E-state index < -0.39 is 0 Å². The second-order valence-corrected chi connectivity index (χ2v) is 9.10. The van der Waals surface area contributed by atoms with Crippen LogP contribution in [0.15, 0.2) is 0 Å². The summed E-state index contributed by atoms with van der Waals surface area (Å²) in [6.07, 6.45) is 11.4. The zero-order valence-corrected chi connectivity index (χ0v) is 15.5. The number of piperidine rings is 2. The molecule has 0 aromatic heterocycles. The molecular formula is C20H35N3O. The molecule has 4 aliphatic rings. The second kappa shape index (κ2) is 6.95. The van der Waals surface area contributed by atoms with Gasteiger partial charge in [0.1, 0.15) is 0 Å².